The Morgan fingerprint density at radius 1 is 0.765 bits per heavy atom. The van der Waals surface area contributed by atoms with E-state index in [2.05, 4.69) is 31.0 Å². The summed E-state index contributed by atoms with van der Waals surface area (Å²) in [6, 6.07) is 0. The smallest absolute Gasteiger partial charge is 0.249 e. The Hall–Kier alpha value is 0.0969. The topological polar surface area (TPSA) is 27.7 Å². The van der Waals surface area contributed by atoms with E-state index in [-0.39, 0.29) is 18.3 Å². The summed E-state index contributed by atoms with van der Waals surface area (Å²) in [5, 5.41) is 0. The minimum Gasteiger partial charge on any atom is -0.329 e. The lowest BCUT2D eigenvalue weighted by molar-refractivity contribution is -0.362. The first-order valence-electron chi connectivity index (χ1n) is 6.65. The van der Waals surface area contributed by atoms with Gasteiger partial charge in [0.2, 0.25) is 5.60 Å². The summed E-state index contributed by atoms with van der Waals surface area (Å²) in [6.45, 7) is 12.2. The Morgan fingerprint density at radius 3 is 1.18 bits per heavy atom. The van der Waals surface area contributed by atoms with Crippen LogP contribution in [0.15, 0.2) is 0 Å². The predicted molar refractivity (Wildman–Crippen MR) is 71.0 cm³/mol. The van der Waals surface area contributed by atoms with Crippen molar-refractivity contribution in [1.82, 2.24) is 0 Å². The van der Waals surface area contributed by atoms with Crippen molar-refractivity contribution in [2.24, 2.45) is 0 Å². The molecular weight excluding hydrogens is 232 g/mol. The third kappa shape index (κ3) is 7.19. The van der Waals surface area contributed by atoms with Crippen molar-refractivity contribution < 1.29 is 14.2 Å². The van der Waals surface area contributed by atoms with E-state index in [9.17, 15) is 0 Å². The molecule has 4 heteroatoms. The zero-order valence-corrected chi connectivity index (χ0v) is 13.1. The molecule has 3 nitrogen and oxygen atoms in total. The molecular formula is C13H27O3Si. The van der Waals surface area contributed by atoms with Crippen molar-refractivity contribution in [1.29, 1.82) is 0 Å². The standard InChI is InChI=1S/C13H27O3Si/c1-7-10(4)14-13(17,15-11(5)8-2)16-12(6)9-3/h10-12H,7-9H2,1-6H3. The summed E-state index contributed by atoms with van der Waals surface area (Å²) in [5.74, 6) is 0. The van der Waals surface area contributed by atoms with E-state index in [1.165, 1.54) is 0 Å². The van der Waals surface area contributed by atoms with Crippen LogP contribution < -0.4 is 0 Å². The molecule has 3 unspecified atom stereocenters. The Balaban J connectivity index is 4.55. The zero-order chi connectivity index (χ0) is 13.5. The molecule has 0 aromatic carbocycles. The first-order valence-corrected chi connectivity index (χ1v) is 7.15. The maximum atomic E-state index is 5.80. The fourth-order valence-electron chi connectivity index (χ4n) is 1.13. The Bertz CT molecular complexity index is 168. The second-order valence-corrected chi connectivity index (χ2v) is 5.18. The molecule has 0 saturated heterocycles. The molecule has 0 bridgehead atoms. The van der Waals surface area contributed by atoms with Crippen molar-refractivity contribution in [3.05, 3.63) is 0 Å². The second kappa shape index (κ2) is 8.24. The molecule has 0 heterocycles. The van der Waals surface area contributed by atoms with E-state index >= 15 is 0 Å². The highest BCUT2D eigenvalue weighted by Crippen LogP contribution is 2.21. The molecule has 0 fully saturated rings. The third-order valence-electron chi connectivity index (χ3n) is 2.79. The number of rotatable bonds is 9. The minimum absolute atomic E-state index is 0.0839. The fourth-order valence-corrected chi connectivity index (χ4v) is 1.73. The van der Waals surface area contributed by atoms with Crippen LogP contribution in [0.2, 0.25) is 0 Å². The van der Waals surface area contributed by atoms with E-state index < -0.39 is 5.60 Å². The summed E-state index contributed by atoms with van der Waals surface area (Å²) >= 11 is 0. The largest absolute Gasteiger partial charge is 0.329 e. The van der Waals surface area contributed by atoms with Crippen LogP contribution >= 0.6 is 0 Å². The van der Waals surface area contributed by atoms with Crippen molar-refractivity contribution in [2.75, 3.05) is 0 Å². The second-order valence-electron chi connectivity index (χ2n) is 4.57. The molecule has 3 radical (unpaired) electrons. The zero-order valence-electron chi connectivity index (χ0n) is 12.1. The lowest BCUT2D eigenvalue weighted by atomic mass is 10.3. The summed E-state index contributed by atoms with van der Waals surface area (Å²) < 4.78 is 17.4. The van der Waals surface area contributed by atoms with E-state index in [1.807, 2.05) is 20.8 Å². The van der Waals surface area contributed by atoms with Gasteiger partial charge in [-0.25, -0.2) is 0 Å². The van der Waals surface area contributed by atoms with Gasteiger partial charge < -0.3 is 14.2 Å². The van der Waals surface area contributed by atoms with Crippen LogP contribution in [0.25, 0.3) is 0 Å². The van der Waals surface area contributed by atoms with Gasteiger partial charge in [-0.3, -0.25) is 0 Å². The summed E-state index contributed by atoms with van der Waals surface area (Å²) in [4.78, 5) is 0. The van der Waals surface area contributed by atoms with Gasteiger partial charge in [-0.1, -0.05) is 20.8 Å². The quantitative estimate of drug-likeness (QED) is 0.470. The first kappa shape index (κ1) is 17.1. The van der Waals surface area contributed by atoms with Gasteiger partial charge in [0.15, 0.2) is 10.2 Å². The predicted octanol–water partition coefficient (Wildman–Crippen LogP) is 3.21. The van der Waals surface area contributed by atoms with Gasteiger partial charge in [0.1, 0.15) is 0 Å². The first-order chi connectivity index (χ1) is 7.86. The van der Waals surface area contributed by atoms with Crippen molar-refractivity contribution >= 4 is 10.2 Å². The molecule has 0 aliphatic rings. The molecule has 0 aromatic heterocycles. The number of hydrogen-bond donors (Lipinski definition) is 0. The van der Waals surface area contributed by atoms with Crippen LogP contribution in [-0.4, -0.2) is 34.2 Å². The number of ether oxygens (including phenoxy) is 3. The molecule has 17 heavy (non-hydrogen) atoms. The molecule has 0 saturated carbocycles. The maximum Gasteiger partial charge on any atom is 0.249 e. The Kier molecular flexibility index (Phi) is 8.29. The minimum atomic E-state index is -1.12. The van der Waals surface area contributed by atoms with Crippen molar-refractivity contribution in [3.63, 3.8) is 0 Å². The van der Waals surface area contributed by atoms with Gasteiger partial charge in [-0.2, -0.15) is 0 Å². The van der Waals surface area contributed by atoms with E-state index in [4.69, 9.17) is 14.2 Å². The normalized spacial score (nSPS) is 20.6. The van der Waals surface area contributed by atoms with Crippen LogP contribution in [0.5, 0.6) is 0 Å². The Morgan fingerprint density at radius 2 is 1.00 bits per heavy atom. The lowest BCUT2D eigenvalue weighted by Gasteiger charge is -2.36. The van der Waals surface area contributed by atoms with Gasteiger partial charge in [0.25, 0.3) is 0 Å². The highest BCUT2D eigenvalue weighted by atomic mass is 28.1. The van der Waals surface area contributed by atoms with Crippen LogP contribution in [0.3, 0.4) is 0 Å². The molecule has 0 N–H and O–H groups in total. The molecule has 0 aliphatic heterocycles. The number of hydrogen-bond acceptors (Lipinski definition) is 3. The van der Waals surface area contributed by atoms with Gasteiger partial charge >= 0.3 is 0 Å². The van der Waals surface area contributed by atoms with Gasteiger partial charge in [0, 0.05) is 0 Å². The van der Waals surface area contributed by atoms with Crippen LogP contribution in [0.4, 0.5) is 0 Å². The highest BCUT2D eigenvalue weighted by Gasteiger charge is 2.32. The lowest BCUT2D eigenvalue weighted by Crippen LogP contribution is -2.46. The molecule has 0 aromatic rings. The molecule has 101 valence electrons. The highest BCUT2D eigenvalue weighted by molar-refractivity contribution is 6.12. The van der Waals surface area contributed by atoms with Crippen molar-refractivity contribution in [2.45, 2.75) is 84.7 Å². The van der Waals surface area contributed by atoms with Crippen LogP contribution in [-0.2, 0) is 14.2 Å². The maximum absolute atomic E-state index is 5.80. The third-order valence-corrected chi connectivity index (χ3v) is 3.15. The van der Waals surface area contributed by atoms with Gasteiger partial charge in [0.05, 0.1) is 18.3 Å². The van der Waals surface area contributed by atoms with E-state index in [0.717, 1.165) is 19.3 Å². The monoisotopic (exact) mass is 259 g/mol. The summed E-state index contributed by atoms with van der Waals surface area (Å²) in [6.07, 6.45) is 3.00. The SMILES string of the molecule is CCC(C)OC([Si])(OC(C)CC)OC(C)CC. The average molecular weight is 259 g/mol. The van der Waals surface area contributed by atoms with Gasteiger partial charge in [-0.05, 0) is 40.0 Å². The molecule has 0 spiro atoms. The summed E-state index contributed by atoms with van der Waals surface area (Å²) in [7, 11) is 3.50. The van der Waals surface area contributed by atoms with Crippen LogP contribution in [0.1, 0.15) is 60.8 Å². The average Bonchev–Trinajstić information content (AvgIpc) is 2.27. The molecule has 3 atom stereocenters. The van der Waals surface area contributed by atoms with E-state index in [0.29, 0.717) is 0 Å². The molecule has 0 amide bonds. The van der Waals surface area contributed by atoms with Gasteiger partial charge in [-0.15, -0.1) is 0 Å². The van der Waals surface area contributed by atoms with Crippen LogP contribution in [0, 0.1) is 0 Å². The Labute approximate surface area is 110 Å². The fraction of sp³-hybridized carbons (Fsp3) is 1.00. The van der Waals surface area contributed by atoms with Crippen molar-refractivity contribution in [3.8, 4) is 0 Å². The molecule has 0 aliphatic carbocycles. The van der Waals surface area contributed by atoms with E-state index in [1.54, 1.807) is 0 Å². The molecule has 0 rings (SSSR count). The summed E-state index contributed by atoms with van der Waals surface area (Å²) in [5.41, 5.74) is -1.12.